The molecule has 1 N–H and O–H groups in total. The van der Waals surface area contributed by atoms with E-state index >= 15 is 0 Å². The summed E-state index contributed by atoms with van der Waals surface area (Å²) in [4.78, 5) is 0. The van der Waals surface area contributed by atoms with Crippen LogP contribution in [0.3, 0.4) is 0 Å². The zero-order valence-corrected chi connectivity index (χ0v) is 16.1. The monoisotopic (exact) mass is 415 g/mol. The van der Waals surface area contributed by atoms with Crippen LogP contribution < -0.4 is 14.8 Å². The number of sulfone groups is 2. The Hall–Kier alpha value is -1.62. The highest BCUT2D eigenvalue weighted by Crippen LogP contribution is 2.33. The molecule has 26 heavy (non-hydrogen) atoms. The molecule has 2 aliphatic rings. The predicted molar refractivity (Wildman–Crippen MR) is 97.1 cm³/mol. The minimum atomic E-state index is -3.70. The molecule has 4 rings (SSSR count). The Labute approximate surface area is 155 Å². The van der Waals surface area contributed by atoms with Crippen molar-refractivity contribution in [2.75, 3.05) is 18.3 Å². The standard InChI is InChI=1S/C16H17NO6S3/c18-25(19)8-12(15(9-25)26(20,21)16-2-1-5-24-16)17-7-11-3-4-13-14(6-11)23-10-22-13/h1-6,12,15,17H,7-10H2/t12-,15-/m0/s1. The first kappa shape index (κ1) is 17.8. The molecule has 10 heteroatoms. The second kappa shape index (κ2) is 6.52. The molecule has 1 aromatic heterocycles. The second-order valence-corrected chi connectivity index (χ2v) is 11.8. The third kappa shape index (κ3) is 3.34. The summed E-state index contributed by atoms with van der Waals surface area (Å²) in [7, 11) is -7.11. The quantitative estimate of drug-likeness (QED) is 0.784. The minimum absolute atomic E-state index is 0.175. The Morgan fingerprint density at radius 1 is 1.15 bits per heavy atom. The fourth-order valence-electron chi connectivity index (χ4n) is 3.19. The summed E-state index contributed by atoms with van der Waals surface area (Å²) in [5, 5.41) is 3.80. The first-order chi connectivity index (χ1) is 12.4. The van der Waals surface area contributed by atoms with Crippen molar-refractivity contribution in [3.63, 3.8) is 0 Å². The SMILES string of the molecule is O=S1(=O)C[C@H](NCc2ccc3c(c2)OCO3)[C@@H](S(=O)(=O)c2cccs2)C1. The van der Waals surface area contributed by atoms with Crippen molar-refractivity contribution in [3.05, 3.63) is 41.3 Å². The Kier molecular flexibility index (Phi) is 4.46. The molecule has 1 aromatic carbocycles. The van der Waals surface area contributed by atoms with Gasteiger partial charge in [-0.1, -0.05) is 12.1 Å². The second-order valence-electron chi connectivity index (χ2n) is 6.27. The van der Waals surface area contributed by atoms with E-state index in [0.717, 1.165) is 16.9 Å². The third-order valence-electron chi connectivity index (χ3n) is 4.48. The highest BCUT2D eigenvalue weighted by Gasteiger charge is 2.45. The molecule has 0 radical (unpaired) electrons. The molecule has 1 fully saturated rings. The van der Waals surface area contributed by atoms with Crippen molar-refractivity contribution in [2.24, 2.45) is 0 Å². The zero-order chi connectivity index (χ0) is 18.4. The third-order valence-corrected chi connectivity index (χ3v) is 10.1. The van der Waals surface area contributed by atoms with Crippen molar-refractivity contribution >= 4 is 31.0 Å². The highest BCUT2D eigenvalue weighted by molar-refractivity contribution is 7.97. The fraction of sp³-hybridized carbons (Fsp3) is 0.375. The molecule has 0 amide bonds. The van der Waals surface area contributed by atoms with Gasteiger partial charge in [0.15, 0.2) is 31.2 Å². The molecule has 0 unspecified atom stereocenters. The minimum Gasteiger partial charge on any atom is -0.454 e. The van der Waals surface area contributed by atoms with Crippen molar-refractivity contribution in [1.29, 1.82) is 0 Å². The van der Waals surface area contributed by atoms with Gasteiger partial charge in [-0.2, -0.15) is 0 Å². The van der Waals surface area contributed by atoms with Gasteiger partial charge in [0.05, 0.1) is 16.8 Å². The van der Waals surface area contributed by atoms with Crippen molar-refractivity contribution in [1.82, 2.24) is 5.32 Å². The van der Waals surface area contributed by atoms with E-state index in [2.05, 4.69) is 5.32 Å². The summed E-state index contributed by atoms with van der Waals surface area (Å²) in [6.45, 7) is 0.515. The number of nitrogens with one attached hydrogen (secondary N) is 1. The molecule has 1 saturated heterocycles. The highest BCUT2D eigenvalue weighted by atomic mass is 32.2. The van der Waals surface area contributed by atoms with Gasteiger partial charge in [0, 0.05) is 12.6 Å². The molecule has 0 bridgehead atoms. The van der Waals surface area contributed by atoms with Crippen LogP contribution in [0.5, 0.6) is 11.5 Å². The van der Waals surface area contributed by atoms with Gasteiger partial charge in [-0.05, 0) is 29.1 Å². The summed E-state index contributed by atoms with van der Waals surface area (Å²) >= 11 is 1.11. The maximum absolute atomic E-state index is 12.8. The van der Waals surface area contributed by atoms with E-state index < -0.39 is 31.0 Å². The number of hydrogen-bond acceptors (Lipinski definition) is 8. The van der Waals surface area contributed by atoms with Crippen molar-refractivity contribution < 1.29 is 26.3 Å². The number of benzene rings is 1. The van der Waals surface area contributed by atoms with Crippen LogP contribution >= 0.6 is 11.3 Å². The Balaban J connectivity index is 1.54. The number of hydrogen-bond donors (Lipinski definition) is 1. The molecule has 2 aromatic rings. The molecule has 0 aliphatic carbocycles. The average Bonchev–Trinajstić information content (AvgIpc) is 3.32. The van der Waals surface area contributed by atoms with Gasteiger partial charge in [0.25, 0.3) is 0 Å². The van der Waals surface area contributed by atoms with E-state index in [1.165, 1.54) is 6.07 Å². The first-order valence-electron chi connectivity index (χ1n) is 7.95. The van der Waals surface area contributed by atoms with Crippen molar-refractivity contribution in [2.45, 2.75) is 22.0 Å². The maximum Gasteiger partial charge on any atom is 0.231 e. The van der Waals surface area contributed by atoms with Gasteiger partial charge in [0.2, 0.25) is 6.79 Å². The van der Waals surface area contributed by atoms with Gasteiger partial charge < -0.3 is 14.8 Å². The summed E-state index contributed by atoms with van der Waals surface area (Å²) in [6.07, 6.45) is 0. The first-order valence-corrected chi connectivity index (χ1v) is 12.2. The summed E-state index contributed by atoms with van der Waals surface area (Å²) in [6, 6.07) is 7.94. The topological polar surface area (TPSA) is 98.8 Å². The van der Waals surface area contributed by atoms with Gasteiger partial charge >= 0.3 is 0 Å². The maximum atomic E-state index is 12.8. The number of ether oxygens (including phenoxy) is 2. The number of fused-ring (bicyclic) bond motifs is 1. The molecule has 0 saturated carbocycles. The number of rotatable bonds is 5. The lowest BCUT2D eigenvalue weighted by Gasteiger charge is -2.19. The lowest BCUT2D eigenvalue weighted by Crippen LogP contribution is -2.42. The van der Waals surface area contributed by atoms with Crippen LogP contribution in [-0.2, 0) is 26.2 Å². The molecule has 7 nitrogen and oxygen atoms in total. The van der Waals surface area contributed by atoms with Gasteiger partial charge in [-0.25, -0.2) is 16.8 Å². The van der Waals surface area contributed by atoms with Crippen LogP contribution in [0.1, 0.15) is 5.56 Å². The van der Waals surface area contributed by atoms with E-state index in [1.54, 1.807) is 17.5 Å². The zero-order valence-electron chi connectivity index (χ0n) is 13.6. The van der Waals surface area contributed by atoms with E-state index in [4.69, 9.17) is 9.47 Å². The molecular formula is C16H17NO6S3. The van der Waals surface area contributed by atoms with Gasteiger partial charge in [-0.3, -0.25) is 0 Å². The van der Waals surface area contributed by atoms with Crippen LogP contribution in [0, 0.1) is 0 Å². The normalized spacial score (nSPS) is 24.0. The van der Waals surface area contributed by atoms with E-state index in [9.17, 15) is 16.8 Å². The smallest absolute Gasteiger partial charge is 0.231 e. The average molecular weight is 416 g/mol. The Morgan fingerprint density at radius 3 is 2.73 bits per heavy atom. The van der Waals surface area contributed by atoms with Gasteiger partial charge in [-0.15, -0.1) is 11.3 Å². The van der Waals surface area contributed by atoms with E-state index in [0.29, 0.717) is 18.0 Å². The molecular weight excluding hydrogens is 398 g/mol. The molecule has 2 aliphatic heterocycles. The van der Waals surface area contributed by atoms with Crippen molar-refractivity contribution in [3.8, 4) is 11.5 Å². The molecule has 140 valence electrons. The molecule has 2 atom stereocenters. The Bertz CT molecular complexity index is 1010. The molecule has 0 spiro atoms. The van der Waals surface area contributed by atoms with E-state index in [1.807, 2.05) is 12.1 Å². The molecule has 3 heterocycles. The summed E-state index contributed by atoms with van der Waals surface area (Å²) in [5.74, 6) is 0.750. The summed E-state index contributed by atoms with van der Waals surface area (Å²) < 4.78 is 60.6. The largest absolute Gasteiger partial charge is 0.454 e. The lowest BCUT2D eigenvalue weighted by atomic mass is 10.2. The van der Waals surface area contributed by atoms with Crippen LogP contribution in [0.4, 0.5) is 0 Å². The van der Waals surface area contributed by atoms with Crippen LogP contribution in [0.15, 0.2) is 39.9 Å². The summed E-state index contributed by atoms with van der Waals surface area (Å²) in [5.41, 5.74) is 0.866. The van der Waals surface area contributed by atoms with Gasteiger partial charge in [0.1, 0.15) is 4.21 Å². The Morgan fingerprint density at radius 2 is 1.96 bits per heavy atom. The van der Waals surface area contributed by atoms with Crippen LogP contribution in [0.25, 0.3) is 0 Å². The van der Waals surface area contributed by atoms with Crippen LogP contribution in [0.2, 0.25) is 0 Å². The van der Waals surface area contributed by atoms with Crippen LogP contribution in [-0.4, -0.2) is 46.4 Å². The van der Waals surface area contributed by atoms with E-state index in [-0.39, 0.29) is 22.5 Å². The predicted octanol–water partition coefficient (Wildman–Crippen LogP) is 1.21. The lowest BCUT2D eigenvalue weighted by molar-refractivity contribution is 0.174. The number of thiophene rings is 1. The fourth-order valence-corrected chi connectivity index (χ4v) is 9.13.